The monoisotopic (exact) mass is 138 g/mol. The zero-order chi connectivity index (χ0) is 7.35. The summed E-state index contributed by atoms with van der Waals surface area (Å²) in [5.41, 5.74) is 0.814. The maximum atomic E-state index is 2.47. The molecule has 2 aliphatic rings. The summed E-state index contributed by atoms with van der Waals surface area (Å²) < 4.78 is 0. The van der Waals surface area contributed by atoms with Gasteiger partial charge in [0.2, 0.25) is 0 Å². The third-order valence-corrected chi connectivity index (χ3v) is 3.84. The van der Waals surface area contributed by atoms with E-state index < -0.39 is 0 Å². The van der Waals surface area contributed by atoms with Crippen LogP contribution in [0.2, 0.25) is 0 Å². The Morgan fingerprint density at radius 2 is 2.10 bits per heavy atom. The van der Waals surface area contributed by atoms with Crippen LogP contribution in [-0.4, -0.2) is 0 Å². The Bertz CT molecular complexity index is 148. The summed E-state index contributed by atoms with van der Waals surface area (Å²) in [7, 11) is 0. The molecule has 0 aromatic heterocycles. The van der Waals surface area contributed by atoms with Crippen LogP contribution < -0.4 is 0 Å². The molecule has 0 aliphatic heterocycles. The highest BCUT2D eigenvalue weighted by Gasteiger charge is 2.58. The summed E-state index contributed by atoms with van der Waals surface area (Å²) >= 11 is 0. The van der Waals surface area contributed by atoms with E-state index in [-0.39, 0.29) is 0 Å². The molecule has 0 saturated heterocycles. The fraction of sp³-hybridized carbons (Fsp3) is 1.00. The molecule has 0 heteroatoms. The van der Waals surface area contributed by atoms with Crippen LogP contribution in [-0.2, 0) is 0 Å². The summed E-state index contributed by atoms with van der Waals surface area (Å²) in [5, 5.41) is 0. The van der Waals surface area contributed by atoms with Gasteiger partial charge in [-0.1, -0.05) is 20.8 Å². The van der Waals surface area contributed by atoms with Gasteiger partial charge in [0.15, 0.2) is 0 Å². The fourth-order valence-corrected chi connectivity index (χ4v) is 2.89. The Morgan fingerprint density at radius 1 is 1.40 bits per heavy atom. The molecule has 0 bridgehead atoms. The van der Waals surface area contributed by atoms with Gasteiger partial charge in [0.25, 0.3) is 0 Å². The SMILES string of the molecule is CC(C)C1CCC2(C)CC12. The van der Waals surface area contributed by atoms with Crippen LogP contribution in [0.5, 0.6) is 0 Å². The molecule has 2 rings (SSSR count). The van der Waals surface area contributed by atoms with Crippen LogP contribution in [0.1, 0.15) is 40.0 Å². The molecule has 0 nitrogen and oxygen atoms in total. The summed E-state index contributed by atoms with van der Waals surface area (Å²) in [5.74, 6) is 3.13. The van der Waals surface area contributed by atoms with Gasteiger partial charge < -0.3 is 0 Å². The van der Waals surface area contributed by atoms with Crippen LogP contribution in [0.4, 0.5) is 0 Å². The normalized spacial score (nSPS) is 51.6. The van der Waals surface area contributed by atoms with Crippen molar-refractivity contribution in [3.8, 4) is 0 Å². The molecular weight excluding hydrogens is 120 g/mol. The topological polar surface area (TPSA) is 0 Å². The highest BCUT2D eigenvalue weighted by Crippen LogP contribution is 2.67. The Morgan fingerprint density at radius 3 is 2.30 bits per heavy atom. The quantitative estimate of drug-likeness (QED) is 0.522. The lowest BCUT2D eigenvalue weighted by atomic mass is 9.91. The molecule has 0 aromatic rings. The van der Waals surface area contributed by atoms with Crippen LogP contribution in [0, 0.1) is 23.2 Å². The number of rotatable bonds is 1. The van der Waals surface area contributed by atoms with Gasteiger partial charge in [-0.2, -0.15) is 0 Å². The van der Waals surface area contributed by atoms with Gasteiger partial charge in [0, 0.05) is 0 Å². The van der Waals surface area contributed by atoms with Crippen molar-refractivity contribution >= 4 is 0 Å². The molecule has 0 amide bonds. The molecular formula is C10H18. The maximum absolute atomic E-state index is 2.47. The molecule has 0 radical (unpaired) electrons. The molecule has 0 N–H and O–H groups in total. The lowest BCUT2D eigenvalue weighted by Gasteiger charge is -2.14. The third-order valence-electron chi connectivity index (χ3n) is 3.84. The van der Waals surface area contributed by atoms with E-state index in [1.807, 2.05) is 0 Å². The van der Waals surface area contributed by atoms with E-state index in [1.165, 1.54) is 19.3 Å². The first-order valence-electron chi connectivity index (χ1n) is 4.63. The smallest absolute Gasteiger partial charge is 0.0292 e. The minimum atomic E-state index is 0.814. The molecule has 10 heavy (non-hydrogen) atoms. The van der Waals surface area contributed by atoms with Gasteiger partial charge in [-0.15, -0.1) is 0 Å². The lowest BCUT2D eigenvalue weighted by Crippen LogP contribution is -2.07. The third kappa shape index (κ3) is 0.741. The van der Waals surface area contributed by atoms with Crippen molar-refractivity contribution in [2.75, 3.05) is 0 Å². The van der Waals surface area contributed by atoms with Crippen molar-refractivity contribution in [1.82, 2.24) is 0 Å². The van der Waals surface area contributed by atoms with E-state index in [9.17, 15) is 0 Å². The zero-order valence-electron chi connectivity index (χ0n) is 7.35. The van der Waals surface area contributed by atoms with Gasteiger partial charge in [-0.3, -0.25) is 0 Å². The summed E-state index contributed by atoms with van der Waals surface area (Å²) in [6.45, 7) is 7.24. The van der Waals surface area contributed by atoms with E-state index in [1.54, 1.807) is 0 Å². The van der Waals surface area contributed by atoms with Gasteiger partial charge in [0.05, 0.1) is 0 Å². The van der Waals surface area contributed by atoms with Crippen molar-refractivity contribution in [2.24, 2.45) is 23.2 Å². The van der Waals surface area contributed by atoms with E-state index in [2.05, 4.69) is 20.8 Å². The van der Waals surface area contributed by atoms with Crippen LogP contribution in [0.3, 0.4) is 0 Å². The van der Waals surface area contributed by atoms with Gasteiger partial charge in [0.1, 0.15) is 0 Å². The molecule has 2 saturated carbocycles. The second-order valence-electron chi connectivity index (χ2n) is 4.91. The average molecular weight is 138 g/mol. The summed E-state index contributed by atoms with van der Waals surface area (Å²) in [6.07, 6.45) is 4.56. The number of hydrogen-bond donors (Lipinski definition) is 0. The molecule has 2 fully saturated rings. The molecule has 3 unspecified atom stereocenters. The first-order valence-corrected chi connectivity index (χ1v) is 4.63. The van der Waals surface area contributed by atoms with Gasteiger partial charge >= 0.3 is 0 Å². The molecule has 0 heterocycles. The highest BCUT2D eigenvalue weighted by atomic mass is 14.6. The Kier molecular flexibility index (Phi) is 1.19. The second-order valence-corrected chi connectivity index (χ2v) is 4.91. The molecule has 3 atom stereocenters. The standard InChI is InChI=1S/C10H18/c1-7(2)8-4-5-10(3)6-9(8)10/h7-9H,4-6H2,1-3H3. The Hall–Kier alpha value is 0. The first kappa shape index (κ1) is 6.69. The van der Waals surface area contributed by atoms with E-state index in [0.717, 1.165) is 23.2 Å². The largest absolute Gasteiger partial charge is 0.0625 e. The van der Waals surface area contributed by atoms with Crippen molar-refractivity contribution < 1.29 is 0 Å². The van der Waals surface area contributed by atoms with Gasteiger partial charge in [-0.05, 0) is 42.4 Å². The zero-order valence-corrected chi connectivity index (χ0v) is 7.35. The average Bonchev–Trinajstić information content (AvgIpc) is 2.36. The molecule has 0 spiro atoms. The molecule has 0 aromatic carbocycles. The molecule has 58 valence electrons. The predicted octanol–water partition coefficient (Wildman–Crippen LogP) is 3.08. The second kappa shape index (κ2) is 1.78. The first-order chi connectivity index (χ1) is 4.63. The van der Waals surface area contributed by atoms with Crippen molar-refractivity contribution in [3.05, 3.63) is 0 Å². The fourth-order valence-electron chi connectivity index (χ4n) is 2.89. The van der Waals surface area contributed by atoms with E-state index >= 15 is 0 Å². The van der Waals surface area contributed by atoms with Gasteiger partial charge in [-0.25, -0.2) is 0 Å². The van der Waals surface area contributed by atoms with Crippen LogP contribution in [0.15, 0.2) is 0 Å². The summed E-state index contributed by atoms with van der Waals surface area (Å²) in [6, 6.07) is 0. The van der Waals surface area contributed by atoms with Crippen LogP contribution in [0.25, 0.3) is 0 Å². The molecule has 2 aliphatic carbocycles. The van der Waals surface area contributed by atoms with Crippen LogP contribution >= 0.6 is 0 Å². The Balaban J connectivity index is 2.04. The minimum absolute atomic E-state index is 0.814. The predicted molar refractivity (Wildman–Crippen MR) is 43.8 cm³/mol. The summed E-state index contributed by atoms with van der Waals surface area (Å²) in [4.78, 5) is 0. The maximum Gasteiger partial charge on any atom is -0.0292 e. The van der Waals surface area contributed by atoms with Crippen molar-refractivity contribution in [1.29, 1.82) is 0 Å². The van der Waals surface area contributed by atoms with Crippen molar-refractivity contribution in [2.45, 2.75) is 40.0 Å². The van der Waals surface area contributed by atoms with E-state index in [4.69, 9.17) is 0 Å². The highest BCUT2D eigenvalue weighted by molar-refractivity contribution is 5.07. The number of hydrogen-bond acceptors (Lipinski definition) is 0. The van der Waals surface area contributed by atoms with E-state index in [0.29, 0.717) is 0 Å². The number of fused-ring (bicyclic) bond motifs is 1. The lowest BCUT2D eigenvalue weighted by molar-refractivity contribution is 0.351. The Labute approximate surface area is 64.0 Å². The van der Waals surface area contributed by atoms with Crippen molar-refractivity contribution in [3.63, 3.8) is 0 Å². The minimum Gasteiger partial charge on any atom is -0.0625 e.